The van der Waals surface area contributed by atoms with Crippen molar-refractivity contribution in [2.45, 2.75) is 13.5 Å². The van der Waals surface area contributed by atoms with Gasteiger partial charge in [0.2, 0.25) is 11.8 Å². The van der Waals surface area contributed by atoms with Crippen molar-refractivity contribution in [2.75, 3.05) is 44.3 Å². The Balaban J connectivity index is 1.33. The molecule has 1 aliphatic heterocycles. The lowest BCUT2D eigenvalue weighted by atomic mass is 10.2. The van der Waals surface area contributed by atoms with Gasteiger partial charge in [-0.2, -0.15) is 0 Å². The summed E-state index contributed by atoms with van der Waals surface area (Å²) in [5.41, 5.74) is 0.938. The van der Waals surface area contributed by atoms with Gasteiger partial charge in [0.1, 0.15) is 30.6 Å². The van der Waals surface area contributed by atoms with Crippen LogP contribution in [-0.4, -0.2) is 56.1 Å². The molecule has 2 amide bonds. The minimum absolute atomic E-state index is 0.135. The number of hydrogen-bond acceptors (Lipinski definition) is 5. The van der Waals surface area contributed by atoms with E-state index in [1.807, 2.05) is 13.0 Å². The molecule has 1 saturated heterocycles. The summed E-state index contributed by atoms with van der Waals surface area (Å²) in [6, 6.07) is 9.95. The van der Waals surface area contributed by atoms with E-state index in [4.69, 9.17) is 9.15 Å². The summed E-state index contributed by atoms with van der Waals surface area (Å²) in [6.45, 7) is 4.26. The van der Waals surface area contributed by atoms with Crippen LogP contribution in [0, 0.1) is 12.7 Å². The van der Waals surface area contributed by atoms with Gasteiger partial charge in [-0.25, -0.2) is 4.39 Å². The summed E-state index contributed by atoms with van der Waals surface area (Å²) >= 11 is 0. The van der Waals surface area contributed by atoms with Crippen LogP contribution in [0.5, 0.6) is 0 Å². The van der Waals surface area contributed by atoms with E-state index in [0.29, 0.717) is 31.9 Å². The van der Waals surface area contributed by atoms with Gasteiger partial charge in [-0.3, -0.25) is 9.59 Å². The molecule has 150 valence electrons. The quantitative estimate of drug-likeness (QED) is 0.780. The second-order valence-corrected chi connectivity index (χ2v) is 6.63. The number of benzene rings is 1. The van der Waals surface area contributed by atoms with Gasteiger partial charge < -0.3 is 24.3 Å². The van der Waals surface area contributed by atoms with Crippen LogP contribution in [0.2, 0.25) is 0 Å². The maximum atomic E-state index is 13.0. The van der Waals surface area contributed by atoms with Crippen LogP contribution in [0.25, 0.3) is 0 Å². The Morgan fingerprint density at radius 2 is 1.79 bits per heavy atom. The molecule has 0 radical (unpaired) electrons. The van der Waals surface area contributed by atoms with Crippen molar-refractivity contribution >= 4 is 17.5 Å². The number of carbonyl (C=O) groups excluding carboxylic acids is 2. The fourth-order valence-corrected chi connectivity index (χ4v) is 3.01. The zero-order valence-electron chi connectivity index (χ0n) is 15.8. The third-order valence-corrected chi connectivity index (χ3v) is 4.54. The summed E-state index contributed by atoms with van der Waals surface area (Å²) in [4.78, 5) is 27.8. The van der Waals surface area contributed by atoms with Crippen molar-refractivity contribution in [2.24, 2.45) is 0 Å². The lowest BCUT2D eigenvalue weighted by molar-refractivity contribution is -0.138. The van der Waals surface area contributed by atoms with E-state index in [1.165, 1.54) is 12.1 Å². The van der Waals surface area contributed by atoms with E-state index in [2.05, 4.69) is 10.2 Å². The summed E-state index contributed by atoms with van der Waals surface area (Å²) in [7, 11) is 0. The highest BCUT2D eigenvalue weighted by molar-refractivity contribution is 5.79. The molecular formula is C20H24FN3O4. The Bertz CT molecular complexity index is 798. The molecule has 1 N–H and O–H groups in total. The van der Waals surface area contributed by atoms with Crippen molar-refractivity contribution in [3.05, 3.63) is 53.7 Å². The summed E-state index contributed by atoms with van der Waals surface area (Å²) in [5.74, 6) is 0.737. The van der Waals surface area contributed by atoms with Crippen molar-refractivity contribution < 1.29 is 23.1 Å². The third-order valence-electron chi connectivity index (χ3n) is 4.54. The van der Waals surface area contributed by atoms with Crippen LogP contribution in [0.3, 0.4) is 0 Å². The van der Waals surface area contributed by atoms with E-state index < -0.39 is 0 Å². The van der Waals surface area contributed by atoms with Crippen LogP contribution in [0.15, 0.2) is 40.8 Å². The van der Waals surface area contributed by atoms with Gasteiger partial charge in [0.05, 0.1) is 6.54 Å². The first-order chi connectivity index (χ1) is 13.5. The SMILES string of the molecule is Cc1ccc(CNC(=O)COCC(=O)N2CCN(c3ccc(F)cc3)CC2)o1. The molecule has 1 aromatic heterocycles. The molecule has 1 aromatic carbocycles. The maximum Gasteiger partial charge on any atom is 0.248 e. The molecule has 28 heavy (non-hydrogen) atoms. The second-order valence-electron chi connectivity index (χ2n) is 6.63. The van der Waals surface area contributed by atoms with Gasteiger partial charge in [-0.05, 0) is 43.3 Å². The van der Waals surface area contributed by atoms with E-state index in [-0.39, 0.29) is 37.4 Å². The molecule has 0 aliphatic carbocycles. The molecule has 0 bridgehead atoms. The lowest BCUT2D eigenvalue weighted by Gasteiger charge is -2.36. The van der Waals surface area contributed by atoms with E-state index in [1.54, 1.807) is 23.1 Å². The summed E-state index contributed by atoms with van der Waals surface area (Å²) in [6.07, 6.45) is 0. The van der Waals surface area contributed by atoms with Crippen LogP contribution >= 0.6 is 0 Å². The molecule has 0 atom stereocenters. The highest BCUT2D eigenvalue weighted by Crippen LogP contribution is 2.17. The summed E-state index contributed by atoms with van der Waals surface area (Å²) in [5, 5.41) is 2.68. The number of rotatable bonds is 7. The Morgan fingerprint density at radius 1 is 1.07 bits per heavy atom. The highest BCUT2D eigenvalue weighted by Gasteiger charge is 2.21. The number of ether oxygens (including phenoxy) is 1. The molecule has 3 rings (SSSR count). The van der Waals surface area contributed by atoms with Gasteiger partial charge >= 0.3 is 0 Å². The van der Waals surface area contributed by atoms with E-state index >= 15 is 0 Å². The van der Waals surface area contributed by atoms with Gasteiger partial charge in [-0.1, -0.05) is 0 Å². The molecule has 0 unspecified atom stereocenters. The van der Waals surface area contributed by atoms with Crippen molar-refractivity contribution in [1.82, 2.24) is 10.2 Å². The molecule has 7 nitrogen and oxygen atoms in total. The summed E-state index contributed by atoms with van der Waals surface area (Å²) < 4.78 is 23.6. The molecule has 0 spiro atoms. The standard InChI is InChI=1S/C20H24FN3O4/c1-15-2-7-18(28-15)12-22-19(25)13-27-14-20(26)24-10-8-23(9-11-24)17-5-3-16(21)4-6-17/h2-7H,8-14H2,1H3,(H,22,25). The minimum atomic E-state index is -0.303. The topological polar surface area (TPSA) is 75.0 Å². The zero-order valence-corrected chi connectivity index (χ0v) is 15.8. The maximum absolute atomic E-state index is 13.0. The molecule has 0 saturated carbocycles. The molecule has 2 aromatic rings. The molecule has 8 heteroatoms. The molecule has 2 heterocycles. The monoisotopic (exact) mass is 389 g/mol. The predicted octanol–water partition coefficient (Wildman–Crippen LogP) is 1.71. The van der Waals surface area contributed by atoms with E-state index in [9.17, 15) is 14.0 Å². The average molecular weight is 389 g/mol. The lowest BCUT2D eigenvalue weighted by Crippen LogP contribution is -2.50. The minimum Gasteiger partial charge on any atom is -0.465 e. The number of anilines is 1. The number of halogens is 1. The van der Waals surface area contributed by atoms with Gasteiger partial charge in [0.25, 0.3) is 0 Å². The fraction of sp³-hybridized carbons (Fsp3) is 0.400. The Labute approximate surface area is 163 Å². The third kappa shape index (κ3) is 5.56. The van der Waals surface area contributed by atoms with Crippen LogP contribution in [-0.2, 0) is 20.9 Å². The first-order valence-corrected chi connectivity index (χ1v) is 9.19. The molecule has 1 fully saturated rings. The average Bonchev–Trinajstić information content (AvgIpc) is 3.12. The second kappa shape index (κ2) is 9.36. The smallest absolute Gasteiger partial charge is 0.248 e. The predicted molar refractivity (Wildman–Crippen MR) is 101 cm³/mol. The number of nitrogens with zero attached hydrogens (tertiary/aromatic N) is 2. The Kier molecular flexibility index (Phi) is 6.65. The normalized spacial score (nSPS) is 14.2. The first kappa shape index (κ1) is 19.9. The largest absolute Gasteiger partial charge is 0.465 e. The van der Waals surface area contributed by atoms with Crippen molar-refractivity contribution in [3.63, 3.8) is 0 Å². The van der Waals surface area contributed by atoms with Gasteiger partial charge in [0.15, 0.2) is 0 Å². The van der Waals surface area contributed by atoms with E-state index in [0.717, 1.165) is 11.4 Å². The fourth-order valence-electron chi connectivity index (χ4n) is 3.01. The molecular weight excluding hydrogens is 365 g/mol. The number of aryl methyl sites for hydroxylation is 1. The zero-order chi connectivity index (χ0) is 19.9. The van der Waals surface area contributed by atoms with Crippen LogP contribution in [0.4, 0.5) is 10.1 Å². The van der Waals surface area contributed by atoms with Gasteiger partial charge in [-0.15, -0.1) is 0 Å². The Morgan fingerprint density at radius 3 is 2.43 bits per heavy atom. The number of hydrogen-bond donors (Lipinski definition) is 1. The van der Waals surface area contributed by atoms with Crippen LogP contribution < -0.4 is 10.2 Å². The van der Waals surface area contributed by atoms with Gasteiger partial charge in [0, 0.05) is 31.9 Å². The van der Waals surface area contributed by atoms with Crippen LogP contribution in [0.1, 0.15) is 11.5 Å². The van der Waals surface area contributed by atoms with Crippen molar-refractivity contribution in [3.8, 4) is 0 Å². The first-order valence-electron chi connectivity index (χ1n) is 9.19. The Hall–Kier alpha value is -2.87. The molecule has 1 aliphatic rings. The number of piperazine rings is 1. The van der Waals surface area contributed by atoms with Crippen molar-refractivity contribution in [1.29, 1.82) is 0 Å². The number of nitrogens with one attached hydrogen (secondary N) is 1. The number of amides is 2. The number of furan rings is 1. The number of carbonyl (C=O) groups is 2. The highest BCUT2D eigenvalue weighted by atomic mass is 19.1.